The quantitative estimate of drug-likeness (QED) is 0.719. The summed E-state index contributed by atoms with van der Waals surface area (Å²) in [6, 6.07) is 7.87. The Kier molecular flexibility index (Phi) is 2.51. The highest BCUT2D eigenvalue weighted by Crippen LogP contribution is 2.25. The Morgan fingerprint density at radius 2 is 2.20 bits per heavy atom. The number of benzene rings is 1. The van der Waals surface area contributed by atoms with E-state index in [0.717, 1.165) is 22.2 Å². The summed E-state index contributed by atoms with van der Waals surface area (Å²) in [5, 5.41) is 4.29. The van der Waals surface area contributed by atoms with E-state index in [-0.39, 0.29) is 5.11 Å². The van der Waals surface area contributed by atoms with Crippen LogP contribution in [0.2, 0.25) is 0 Å². The monoisotopic (exact) mass is 217 g/mol. The molecule has 3 N–H and O–H groups in total. The third kappa shape index (κ3) is 1.89. The summed E-state index contributed by atoms with van der Waals surface area (Å²) in [6.07, 6.45) is 1.77. The number of hydrogen-bond acceptors (Lipinski definition) is 2. The zero-order chi connectivity index (χ0) is 10.8. The zero-order valence-electron chi connectivity index (χ0n) is 8.32. The molecule has 0 saturated heterocycles. The molecule has 0 aliphatic heterocycles. The molecule has 3 nitrogen and oxygen atoms in total. The van der Waals surface area contributed by atoms with Crippen molar-refractivity contribution in [1.82, 2.24) is 4.98 Å². The molecule has 0 spiro atoms. The molecule has 4 heteroatoms. The summed E-state index contributed by atoms with van der Waals surface area (Å²) >= 11 is 4.85. The van der Waals surface area contributed by atoms with Gasteiger partial charge in [0.05, 0.1) is 11.2 Å². The van der Waals surface area contributed by atoms with Crippen LogP contribution in [0.1, 0.15) is 5.56 Å². The van der Waals surface area contributed by atoms with Gasteiger partial charge in [-0.25, -0.2) is 0 Å². The molecule has 0 radical (unpaired) electrons. The Hall–Kier alpha value is -1.68. The molecule has 2 aromatic rings. The van der Waals surface area contributed by atoms with Gasteiger partial charge in [-0.15, -0.1) is 0 Å². The molecule has 0 aliphatic rings. The van der Waals surface area contributed by atoms with Gasteiger partial charge in [0.25, 0.3) is 0 Å². The fourth-order valence-electron chi connectivity index (χ4n) is 1.55. The fraction of sp³-hybridized carbons (Fsp3) is 0.0909. The van der Waals surface area contributed by atoms with Gasteiger partial charge in [-0.2, -0.15) is 0 Å². The van der Waals surface area contributed by atoms with Gasteiger partial charge in [-0.05, 0) is 42.9 Å². The Morgan fingerprint density at radius 3 is 2.93 bits per heavy atom. The summed E-state index contributed by atoms with van der Waals surface area (Å²) in [4.78, 5) is 4.27. The number of fused-ring (bicyclic) bond motifs is 1. The summed E-state index contributed by atoms with van der Waals surface area (Å²) in [6.45, 7) is 2.01. The van der Waals surface area contributed by atoms with Crippen molar-refractivity contribution in [1.29, 1.82) is 0 Å². The lowest BCUT2D eigenvalue weighted by atomic mass is 10.1. The van der Waals surface area contributed by atoms with Gasteiger partial charge in [-0.1, -0.05) is 6.07 Å². The van der Waals surface area contributed by atoms with Crippen LogP contribution in [-0.2, 0) is 0 Å². The van der Waals surface area contributed by atoms with Crippen LogP contribution in [-0.4, -0.2) is 10.1 Å². The van der Waals surface area contributed by atoms with Gasteiger partial charge >= 0.3 is 0 Å². The smallest absolute Gasteiger partial charge is 0.168 e. The maximum atomic E-state index is 5.48. The highest BCUT2D eigenvalue weighted by molar-refractivity contribution is 7.80. The minimum Gasteiger partial charge on any atom is -0.376 e. The van der Waals surface area contributed by atoms with Crippen LogP contribution in [0, 0.1) is 6.92 Å². The maximum absolute atomic E-state index is 5.48. The molecule has 0 saturated carbocycles. The van der Waals surface area contributed by atoms with E-state index >= 15 is 0 Å². The van der Waals surface area contributed by atoms with E-state index in [2.05, 4.69) is 10.3 Å². The molecule has 15 heavy (non-hydrogen) atoms. The molecule has 1 aromatic carbocycles. The number of nitrogens with one attached hydrogen (secondary N) is 1. The standard InChI is InChI=1S/C11H11N3S/c1-7-4-5-9-8(3-2-6-13-9)10(7)14-11(12)15/h2-6H,1H3,(H3,12,14,15). The first-order chi connectivity index (χ1) is 7.18. The molecular weight excluding hydrogens is 206 g/mol. The number of thiocarbonyl (C=S) groups is 1. The first kappa shape index (κ1) is 9.86. The van der Waals surface area contributed by atoms with E-state index in [1.54, 1.807) is 6.20 Å². The first-order valence-electron chi connectivity index (χ1n) is 4.59. The lowest BCUT2D eigenvalue weighted by Gasteiger charge is -2.10. The lowest BCUT2D eigenvalue weighted by molar-refractivity contribution is 1.39. The Labute approximate surface area is 93.3 Å². The van der Waals surface area contributed by atoms with E-state index in [0.29, 0.717) is 0 Å². The minimum absolute atomic E-state index is 0.273. The second-order valence-corrected chi connectivity index (χ2v) is 3.76. The molecule has 2 rings (SSSR count). The molecular formula is C11H11N3S. The number of pyridine rings is 1. The van der Waals surface area contributed by atoms with Gasteiger partial charge < -0.3 is 11.1 Å². The third-order valence-corrected chi connectivity index (χ3v) is 2.34. The zero-order valence-corrected chi connectivity index (χ0v) is 9.14. The lowest BCUT2D eigenvalue weighted by Crippen LogP contribution is -2.19. The number of anilines is 1. The Bertz CT molecular complexity index is 522. The molecule has 0 amide bonds. The number of hydrogen-bond donors (Lipinski definition) is 2. The summed E-state index contributed by atoms with van der Waals surface area (Å²) in [5.41, 5.74) is 8.45. The van der Waals surface area contributed by atoms with Crippen LogP contribution in [0.5, 0.6) is 0 Å². The van der Waals surface area contributed by atoms with Gasteiger partial charge in [0.2, 0.25) is 0 Å². The normalized spacial score (nSPS) is 10.2. The molecule has 0 bridgehead atoms. The number of aromatic nitrogens is 1. The van der Waals surface area contributed by atoms with Crippen molar-refractivity contribution in [2.45, 2.75) is 6.92 Å². The first-order valence-corrected chi connectivity index (χ1v) is 5.00. The molecule has 0 aliphatic carbocycles. The van der Waals surface area contributed by atoms with E-state index in [4.69, 9.17) is 18.0 Å². The average molecular weight is 217 g/mol. The van der Waals surface area contributed by atoms with Crippen molar-refractivity contribution in [2.75, 3.05) is 5.32 Å². The van der Waals surface area contributed by atoms with Crippen LogP contribution < -0.4 is 11.1 Å². The van der Waals surface area contributed by atoms with Crippen LogP contribution in [0.25, 0.3) is 10.9 Å². The van der Waals surface area contributed by atoms with E-state index in [1.165, 1.54) is 0 Å². The van der Waals surface area contributed by atoms with Crippen molar-refractivity contribution in [3.63, 3.8) is 0 Å². The van der Waals surface area contributed by atoms with Crippen LogP contribution in [0.4, 0.5) is 5.69 Å². The predicted octanol–water partition coefficient (Wildman–Crippen LogP) is 2.20. The van der Waals surface area contributed by atoms with Gasteiger partial charge in [0.1, 0.15) is 0 Å². The topological polar surface area (TPSA) is 50.9 Å². The summed E-state index contributed by atoms with van der Waals surface area (Å²) < 4.78 is 0. The number of rotatable bonds is 1. The fourth-order valence-corrected chi connectivity index (χ4v) is 1.65. The molecule has 0 unspecified atom stereocenters. The molecule has 76 valence electrons. The van der Waals surface area contributed by atoms with Gasteiger partial charge in [0.15, 0.2) is 5.11 Å². The summed E-state index contributed by atoms with van der Waals surface area (Å²) in [7, 11) is 0. The highest BCUT2D eigenvalue weighted by atomic mass is 32.1. The van der Waals surface area contributed by atoms with Crippen molar-refractivity contribution in [3.05, 3.63) is 36.0 Å². The number of nitrogens with two attached hydrogens (primary N) is 1. The molecule has 1 heterocycles. The van der Waals surface area contributed by atoms with Crippen LogP contribution in [0.15, 0.2) is 30.5 Å². The Balaban J connectivity index is 2.68. The molecule has 1 aromatic heterocycles. The van der Waals surface area contributed by atoms with Crippen molar-refractivity contribution < 1.29 is 0 Å². The third-order valence-electron chi connectivity index (χ3n) is 2.24. The van der Waals surface area contributed by atoms with Crippen LogP contribution in [0.3, 0.4) is 0 Å². The predicted molar refractivity (Wildman–Crippen MR) is 66.9 cm³/mol. The van der Waals surface area contributed by atoms with E-state index < -0.39 is 0 Å². The minimum atomic E-state index is 0.273. The average Bonchev–Trinajstić information content (AvgIpc) is 2.22. The van der Waals surface area contributed by atoms with E-state index in [9.17, 15) is 0 Å². The summed E-state index contributed by atoms with van der Waals surface area (Å²) in [5.74, 6) is 0. The second kappa shape index (κ2) is 3.82. The highest BCUT2D eigenvalue weighted by Gasteiger charge is 2.04. The second-order valence-electron chi connectivity index (χ2n) is 3.32. The SMILES string of the molecule is Cc1ccc2ncccc2c1NC(N)=S. The number of nitrogens with zero attached hydrogens (tertiary/aromatic N) is 1. The van der Waals surface area contributed by atoms with Crippen LogP contribution >= 0.6 is 12.2 Å². The number of aryl methyl sites for hydroxylation is 1. The van der Waals surface area contributed by atoms with Gasteiger partial charge in [0, 0.05) is 11.6 Å². The largest absolute Gasteiger partial charge is 0.376 e. The van der Waals surface area contributed by atoms with Gasteiger partial charge in [-0.3, -0.25) is 4.98 Å². The van der Waals surface area contributed by atoms with Crippen molar-refractivity contribution in [2.24, 2.45) is 5.73 Å². The van der Waals surface area contributed by atoms with E-state index in [1.807, 2.05) is 31.2 Å². The molecule has 0 fully saturated rings. The van der Waals surface area contributed by atoms with Crippen molar-refractivity contribution >= 4 is 33.9 Å². The maximum Gasteiger partial charge on any atom is 0.168 e. The molecule has 0 atom stereocenters. The van der Waals surface area contributed by atoms with Crippen molar-refractivity contribution in [3.8, 4) is 0 Å². The Morgan fingerprint density at radius 1 is 1.40 bits per heavy atom.